The molecule has 2 aromatic carbocycles. The fraction of sp³-hybridized carbons (Fsp3) is 0.261. The number of benzene rings is 2. The van der Waals surface area contributed by atoms with Crippen molar-refractivity contribution in [3.05, 3.63) is 71.1 Å². The summed E-state index contributed by atoms with van der Waals surface area (Å²) in [4.78, 5) is 31.1. The fourth-order valence-electron chi connectivity index (χ4n) is 3.59. The van der Waals surface area contributed by atoms with E-state index in [1.165, 1.54) is 0 Å². The van der Waals surface area contributed by atoms with Crippen molar-refractivity contribution < 1.29 is 14.0 Å². The van der Waals surface area contributed by atoms with Gasteiger partial charge in [-0.2, -0.15) is 0 Å². The second kappa shape index (κ2) is 8.71. The minimum Gasteiger partial charge on any atom is -0.441 e. The number of nitrogens with one attached hydrogen (secondary N) is 1. The van der Waals surface area contributed by atoms with E-state index < -0.39 is 0 Å². The smallest absolute Gasteiger partial charge is 0.227 e. The summed E-state index contributed by atoms with van der Waals surface area (Å²) in [5.41, 5.74) is 2.45. The summed E-state index contributed by atoms with van der Waals surface area (Å²) in [5.74, 6) is 0.739. The maximum atomic E-state index is 12.6. The number of halogens is 1. The van der Waals surface area contributed by atoms with Crippen LogP contribution in [0.5, 0.6) is 0 Å². The molecule has 0 bridgehead atoms. The normalized spacial score (nSPS) is 16.1. The molecule has 6 nitrogen and oxygen atoms in total. The van der Waals surface area contributed by atoms with Gasteiger partial charge in [0.15, 0.2) is 0 Å². The number of hydrogen-bond acceptors (Lipinski definition) is 4. The molecule has 0 aliphatic carbocycles. The lowest BCUT2D eigenvalue weighted by atomic mass is 10.1. The van der Waals surface area contributed by atoms with Crippen LogP contribution in [-0.4, -0.2) is 29.9 Å². The Hall–Kier alpha value is -3.12. The van der Waals surface area contributed by atoms with Crippen LogP contribution in [0.4, 0.5) is 5.69 Å². The van der Waals surface area contributed by atoms with Gasteiger partial charge in [-0.15, -0.1) is 0 Å². The average molecular weight is 424 g/mol. The van der Waals surface area contributed by atoms with Gasteiger partial charge < -0.3 is 14.6 Å². The zero-order valence-corrected chi connectivity index (χ0v) is 17.4. The Balaban J connectivity index is 1.32. The molecule has 7 heteroatoms. The quantitative estimate of drug-likeness (QED) is 0.649. The van der Waals surface area contributed by atoms with Crippen molar-refractivity contribution in [3.63, 3.8) is 0 Å². The minimum absolute atomic E-state index is 0.0720. The molecular weight excluding hydrogens is 402 g/mol. The molecule has 0 unspecified atom stereocenters. The Bertz CT molecular complexity index is 1060. The number of nitrogens with zero attached hydrogens (tertiary/aromatic N) is 2. The summed E-state index contributed by atoms with van der Waals surface area (Å²) in [6.07, 6.45) is 0.756. The van der Waals surface area contributed by atoms with Crippen molar-refractivity contribution in [1.29, 1.82) is 0 Å². The van der Waals surface area contributed by atoms with Gasteiger partial charge in [-0.05, 0) is 37.3 Å². The lowest BCUT2D eigenvalue weighted by Gasteiger charge is -2.17. The first kappa shape index (κ1) is 20.2. The third-order valence-electron chi connectivity index (χ3n) is 5.19. The van der Waals surface area contributed by atoms with Crippen molar-refractivity contribution >= 4 is 29.1 Å². The summed E-state index contributed by atoms with van der Waals surface area (Å²) in [6.45, 7) is 2.66. The first-order chi connectivity index (χ1) is 14.5. The topological polar surface area (TPSA) is 75.4 Å². The van der Waals surface area contributed by atoms with Crippen LogP contribution in [0.15, 0.2) is 59.0 Å². The highest BCUT2D eigenvalue weighted by atomic mass is 35.5. The monoisotopic (exact) mass is 423 g/mol. The molecule has 1 aliphatic rings. The molecule has 3 aromatic rings. The maximum absolute atomic E-state index is 12.6. The third kappa shape index (κ3) is 4.39. The van der Waals surface area contributed by atoms with Gasteiger partial charge in [-0.3, -0.25) is 9.59 Å². The molecule has 1 aliphatic heterocycles. The van der Waals surface area contributed by atoms with Crippen molar-refractivity contribution in [2.45, 2.75) is 19.8 Å². The van der Waals surface area contributed by atoms with Crippen LogP contribution >= 0.6 is 11.6 Å². The Morgan fingerprint density at radius 2 is 2.03 bits per heavy atom. The zero-order chi connectivity index (χ0) is 21.1. The van der Waals surface area contributed by atoms with Crippen LogP contribution in [-0.2, 0) is 16.0 Å². The molecule has 2 heterocycles. The lowest BCUT2D eigenvalue weighted by molar-refractivity contribution is -0.126. The SMILES string of the molecule is Cc1oc(-c2ccccc2)nc1CCNC(=O)[C@H]1CC(=O)N(c2cccc(Cl)c2)C1. The van der Waals surface area contributed by atoms with Crippen LogP contribution in [0.3, 0.4) is 0 Å². The predicted octanol–water partition coefficient (Wildman–Crippen LogP) is 4.02. The first-order valence-corrected chi connectivity index (χ1v) is 10.2. The number of amides is 2. The Labute approximate surface area is 179 Å². The van der Waals surface area contributed by atoms with Gasteiger partial charge in [-0.1, -0.05) is 35.9 Å². The average Bonchev–Trinajstić information content (AvgIpc) is 3.31. The van der Waals surface area contributed by atoms with E-state index in [-0.39, 0.29) is 24.2 Å². The van der Waals surface area contributed by atoms with E-state index in [4.69, 9.17) is 16.0 Å². The van der Waals surface area contributed by atoms with E-state index in [1.807, 2.05) is 43.3 Å². The number of anilines is 1. The first-order valence-electron chi connectivity index (χ1n) is 9.86. The summed E-state index contributed by atoms with van der Waals surface area (Å²) < 4.78 is 5.76. The largest absolute Gasteiger partial charge is 0.441 e. The number of carbonyl (C=O) groups is 2. The summed E-state index contributed by atoms with van der Waals surface area (Å²) in [5, 5.41) is 3.49. The third-order valence-corrected chi connectivity index (χ3v) is 5.43. The summed E-state index contributed by atoms with van der Waals surface area (Å²) >= 11 is 6.02. The van der Waals surface area contributed by atoms with Crippen molar-refractivity contribution in [2.75, 3.05) is 18.0 Å². The molecule has 1 N–H and O–H groups in total. The number of aryl methyl sites for hydroxylation is 1. The molecule has 2 amide bonds. The highest BCUT2D eigenvalue weighted by molar-refractivity contribution is 6.31. The highest BCUT2D eigenvalue weighted by Crippen LogP contribution is 2.27. The van der Waals surface area contributed by atoms with E-state index in [9.17, 15) is 9.59 Å². The lowest BCUT2D eigenvalue weighted by Crippen LogP contribution is -2.34. The number of rotatable bonds is 6. The maximum Gasteiger partial charge on any atom is 0.227 e. The van der Waals surface area contributed by atoms with E-state index in [1.54, 1.807) is 23.1 Å². The molecule has 30 heavy (non-hydrogen) atoms. The number of aromatic nitrogens is 1. The Kier molecular flexibility index (Phi) is 5.86. The van der Waals surface area contributed by atoms with E-state index in [0.29, 0.717) is 30.4 Å². The van der Waals surface area contributed by atoms with Crippen LogP contribution in [0.25, 0.3) is 11.5 Å². The summed E-state index contributed by atoms with van der Waals surface area (Å²) in [6, 6.07) is 16.8. The van der Waals surface area contributed by atoms with Gasteiger partial charge in [0.25, 0.3) is 0 Å². The number of carbonyl (C=O) groups excluding carboxylic acids is 2. The van der Waals surface area contributed by atoms with Crippen LogP contribution in [0.1, 0.15) is 17.9 Å². The van der Waals surface area contributed by atoms with Crippen LogP contribution < -0.4 is 10.2 Å². The van der Waals surface area contributed by atoms with Crippen molar-refractivity contribution in [2.24, 2.45) is 5.92 Å². The van der Waals surface area contributed by atoms with E-state index in [0.717, 1.165) is 22.7 Å². The van der Waals surface area contributed by atoms with Crippen molar-refractivity contribution in [1.82, 2.24) is 10.3 Å². The molecule has 1 fully saturated rings. The zero-order valence-electron chi connectivity index (χ0n) is 16.6. The Morgan fingerprint density at radius 3 is 2.80 bits per heavy atom. The molecule has 0 saturated carbocycles. The van der Waals surface area contributed by atoms with Gasteiger partial charge in [0.2, 0.25) is 17.7 Å². The minimum atomic E-state index is -0.380. The molecule has 154 valence electrons. The van der Waals surface area contributed by atoms with Crippen LogP contribution in [0.2, 0.25) is 5.02 Å². The second-order valence-electron chi connectivity index (χ2n) is 7.31. The second-order valence-corrected chi connectivity index (χ2v) is 7.75. The summed E-state index contributed by atoms with van der Waals surface area (Å²) in [7, 11) is 0. The van der Waals surface area contributed by atoms with Gasteiger partial charge in [0.1, 0.15) is 5.76 Å². The molecule has 1 saturated heterocycles. The Morgan fingerprint density at radius 1 is 1.23 bits per heavy atom. The standard InChI is InChI=1S/C23H22ClN3O3/c1-15-20(26-23(30-15)16-6-3-2-4-7-16)10-11-25-22(29)17-12-21(28)27(14-17)19-9-5-8-18(24)13-19/h2-9,13,17H,10-12,14H2,1H3,(H,25,29)/t17-/m0/s1. The van der Waals surface area contributed by atoms with Crippen molar-refractivity contribution in [3.8, 4) is 11.5 Å². The van der Waals surface area contributed by atoms with E-state index in [2.05, 4.69) is 10.3 Å². The molecule has 0 radical (unpaired) electrons. The molecular formula is C23H22ClN3O3. The molecule has 0 spiro atoms. The highest BCUT2D eigenvalue weighted by Gasteiger charge is 2.35. The van der Waals surface area contributed by atoms with Gasteiger partial charge in [0.05, 0.1) is 11.6 Å². The molecule has 1 atom stereocenters. The number of hydrogen-bond donors (Lipinski definition) is 1. The van der Waals surface area contributed by atoms with E-state index >= 15 is 0 Å². The van der Waals surface area contributed by atoms with Gasteiger partial charge in [-0.25, -0.2) is 4.98 Å². The van der Waals surface area contributed by atoms with Gasteiger partial charge in [0, 0.05) is 42.2 Å². The molecule has 4 rings (SSSR count). The molecule has 1 aromatic heterocycles. The van der Waals surface area contributed by atoms with Crippen LogP contribution in [0, 0.1) is 12.8 Å². The van der Waals surface area contributed by atoms with Gasteiger partial charge >= 0.3 is 0 Å². The predicted molar refractivity (Wildman–Crippen MR) is 115 cm³/mol. The number of oxazole rings is 1. The fourth-order valence-corrected chi connectivity index (χ4v) is 3.77.